The summed E-state index contributed by atoms with van der Waals surface area (Å²) in [6.45, 7) is 1.51. The third kappa shape index (κ3) is 3.43. The molecule has 1 saturated carbocycles. The van der Waals surface area contributed by atoms with Gasteiger partial charge in [0.2, 0.25) is 0 Å². The van der Waals surface area contributed by atoms with Gasteiger partial charge in [0.05, 0.1) is 24.5 Å². The summed E-state index contributed by atoms with van der Waals surface area (Å²) in [5.74, 6) is 0.979. The van der Waals surface area contributed by atoms with Crippen LogP contribution >= 0.6 is 0 Å². The first-order valence-electron chi connectivity index (χ1n) is 8.57. The zero-order chi connectivity index (χ0) is 16.4. The molecule has 24 heavy (non-hydrogen) atoms. The van der Waals surface area contributed by atoms with Gasteiger partial charge >= 0.3 is 0 Å². The topological polar surface area (TPSA) is 77.5 Å². The maximum Gasteiger partial charge on any atom is 0.188 e. The molecule has 0 spiro atoms. The van der Waals surface area contributed by atoms with Crippen LogP contribution in [0.1, 0.15) is 30.7 Å². The number of nitrogens with one attached hydrogen (secondary N) is 1. The van der Waals surface area contributed by atoms with E-state index in [0.717, 1.165) is 31.6 Å². The third-order valence-electron chi connectivity index (χ3n) is 4.66. The number of hydrogen-bond donors (Lipinski definition) is 2. The number of nitrogens with zero attached hydrogens (tertiary/aromatic N) is 3. The summed E-state index contributed by atoms with van der Waals surface area (Å²) in [7, 11) is 0. The molecule has 2 heterocycles. The molecule has 1 saturated heterocycles. The number of guanidine groups is 1. The summed E-state index contributed by atoms with van der Waals surface area (Å²) < 4.78 is 7.47. The lowest BCUT2D eigenvalue weighted by Crippen LogP contribution is -2.34. The molecule has 2 aliphatic rings. The van der Waals surface area contributed by atoms with Crippen LogP contribution < -0.4 is 11.1 Å². The van der Waals surface area contributed by atoms with Crippen LogP contribution in [0.3, 0.4) is 0 Å². The Labute approximate surface area is 141 Å². The van der Waals surface area contributed by atoms with Gasteiger partial charge in [0, 0.05) is 24.8 Å². The molecule has 2 aromatic rings. The van der Waals surface area contributed by atoms with E-state index in [9.17, 15) is 0 Å². The van der Waals surface area contributed by atoms with E-state index < -0.39 is 0 Å². The summed E-state index contributed by atoms with van der Waals surface area (Å²) in [5.41, 5.74) is 8.31. The van der Waals surface area contributed by atoms with Gasteiger partial charge in [-0.3, -0.25) is 4.99 Å². The fourth-order valence-corrected chi connectivity index (χ4v) is 3.20. The Kier molecular flexibility index (Phi) is 4.21. The van der Waals surface area contributed by atoms with Gasteiger partial charge in [0.1, 0.15) is 0 Å². The maximum atomic E-state index is 5.99. The summed E-state index contributed by atoms with van der Waals surface area (Å²) >= 11 is 0. The molecule has 3 atom stereocenters. The third-order valence-corrected chi connectivity index (χ3v) is 4.66. The number of aliphatic imine (C=N–C) groups is 1. The Morgan fingerprint density at radius 2 is 2.25 bits per heavy atom. The van der Waals surface area contributed by atoms with Gasteiger partial charge in [0.15, 0.2) is 5.96 Å². The van der Waals surface area contributed by atoms with E-state index in [-0.39, 0.29) is 6.10 Å². The van der Waals surface area contributed by atoms with Crippen molar-refractivity contribution in [2.24, 2.45) is 10.7 Å². The molecule has 0 bridgehead atoms. The fourth-order valence-electron chi connectivity index (χ4n) is 3.20. The van der Waals surface area contributed by atoms with Crippen molar-refractivity contribution in [2.45, 2.75) is 37.3 Å². The number of benzene rings is 1. The predicted octanol–water partition coefficient (Wildman–Crippen LogP) is 1.81. The lowest BCUT2D eigenvalue weighted by Gasteiger charge is -2.08. The van der Waals surface area contributed by atoms with Gasteiger partial charge in [0.25, 0.3) is 0 Å². The average Bonchev–Trinajstić information content (AvgIpc) is 3.05. The average molecular weight is 325 g/mol. The molecule has 126 valence electrons. The molecule has 0 radical (unpaired) electrons. The quantitative estimate of drug-likeness (QED) is 0.649. The summed E-state index contributed by atoms with van der Waals surface area (Å²) in [6.07, 6.45) is 7.56. The molecule has 6 heteroatoms. The summed E-state index contributed by atoms with van der Waals surface area (Å²) in [6, 6.07) is 10.5. The van der Waals surface area contributed by atoms with Crippen molar-refractivity contribution in [3.63, 3.8) is 0 Å². The highest BCUT2D eigenvalue weighted by Gasteiger charge is 2.39. The highest BCUT2D eigenvalue weighted by Crippen LogP contribution is 2.40. The lowest BCUT2D eigenvalue weighted by atomic mass is 10.2. The molecular formula is C18H23N5O. The first-order valence-corrected chi connectivity index (χ1v) is 8.57. The van der Waals surface area contributed by atoms with Gasteiger partial charge in [-0.2, -0.15) is 5.10 Å². The Hall–Kier alpha value is -2.34. The van der Waals surface area contributed by atoms with Crippen molar-refractivity contribution in [1.82, 2.24) is 15.1 Å². The van der Waals surface area contributed by atoms with E-state index in [0.29, 0.717) is 24.5 Å². The smallest absolute Gasteiger partial charge is 0.188 e. The first-order chi connectivity index (χ1) is 11.8. The second kappa shape index (κ2) is 6.65. The van der Waals surface area contributed by atoms with Crippen LogP contribution in [0.25, 0.3) is 5.69 Å². The molecule has 1 aromatic heterocycles. The molecule has 1 aliphatic heterocycles. The monoisotopic (exact) mass is 325 g/mol. The Balaban J connectivity index is 1.31. The number of aromatic nitrogens is 2. The minimum absolute atomic E-state index is 0.240. The number of hydrogen-bond acceptors (Lipinski definition) is 3. The highest BCUT2D eigenvalue weighted by molar-refractivity contribution is 5.78. The van der Waals surface area contributed by atoms with Crippen molar-refractivity contribution >= 4 is 5.96 Å². The largest absolute Gasteiger partial charge is 0.376 e. The predicted molar refractivity (Wildman–Crippen MR) is 93.3 cm³/mol. The molecule has 2 fully saturated rings. The molecule has 1 unspecified atom stereocenters. The van der Waals surface area contributed by atoms with Crippen molar-refractivity contribution in [1.29, 1.82) is 0 Å². The van der Waals surface area contributed by atoms with Gasteiger partial charge in [-0.05, 0) is 37.0 Å². The van der Waals surface area contributed by atoms with E-state index in [1.165, 1.54) is 5.56 Å². The van der Waals surface area contributed by atoms with Gasteiger partial charge in [-0.25, -0.2) is 4.68 Å². The molecule has 4 rings (SSSR count). The maximum absolute atomic E-state index is 5.99. The van der Waals surface area contributed by atoms with Gasteiger partial charge < -0.3 is 15.8 Å². The molecular weight excluding hydrogens is 302 g/mol. The highest BCUT2D eigenvalue weighted by atomic mass is 16.5. The van der Waals surface area contributed by atoms with Crippen LogP contribution in [-0.4, -0.2) is 41.0 Å². The van der Waals surface area contributed by atoms with Crippen molar-refractivity contribution < 1.29 is 4.74 Å². The first kappa shape index (κ1) is 15.2. The van der Waals surface area contributed by atoms with Gasteiger partial charge in [-0.15, -0.1) is 0 Å². The zero-order valence-corrected chi connectivity index (χ0v) is 13.6. The van der Waals surface area contributed by atoms with Crippen molar-refractivity contribution in [3.8, 4) is 5.69 Å². The van der Waals surface area contributed by atoms with E-state index in [4.69, 9.17) is 10.5 Å². The molecule has 6 nitrogen and oxygen atoms in total. The molecule has 1 aliphatic carbocycles. The molecule has 3 N–H and O–H groups in total. The van der Waals surface area contributed by atoms with E-state index >= 15 is 0 Å². The molecule has 0 amide bonds. The second-order valence-electron chi connectivity index (χ2n) is 6.51. The van der Waals surface area contributed by atoms with E-state index in [2.05, 4.69) is 33.7 Å². The zero-order valence-electron chi connectivity index (χ0n) is 13.6. The van der Waals surface area contributed by atoms with Crippen molar-refractivity contribution in [3.05, 3.63) is 48.3 Å². The van der Waals surface area contributed by atoms with Crippen LogP contribution in [0.5, 0.6) is 0 Å². The van der Waals surface area contributed by atoms with E-state index in [1.807, 2.05) is 29.1 Å². The number of rotatable bonds is 5. The fraction of sp³-hybridized carbons (Fsp3) is 0.444. The van der Waals surface area contributed by atoms with Gasteiger partial charge in [-0.1, -0.05) is 18.2 Å². The lowest BCUT2D eigenvalue weighted by molar-refractivity contribution is 0.118. The minimum Gasteiger partial charge on any atom is -0.376 e. The SMILES string of the molecule is NC(=NCC1CCCO1)N[C@@H]1C[C@H]1c1cnn(-c2ccccc2)c1. The van der Waals surface area contributed by atoms with Crippen LogP contribution in [-0.2, 0) is 4.74 Å². The Bertz CT molecular complexity index is 705. The van der Waals surface area contributed by atoms with Crippen LogP contribution in [0, 0.1) is 0 Å². The number of para-hydroxylation sites is 1. The van der Waals surface area contributed by atoms with Crippen molar-refractivity contribution in [2.75, 3.05) is 13.2 Å². The standard InChI is InChI=1S/C18H23N5O/c19-18(20-11-15-7-4-8-24-15)22-17-9-16(17)13-10-21-23(12-13)14-5-2-1-3-6-14/h1-3,5-6,10,12,15-17H,4,7-9,11H2,(H3,19,20,22)/t15?,16-,17+/m0/s1. The summed E-state index contributed by atoms with van der Waals surface area (Å²) in [4.78, 5) is 4.40. The van der Waals surface area contributed by atoms with Crippen LogP contribution in [0.15, 0.2) is 47.7 Å². The van der Waals surface area contributed by atoms with E-state index in [1.54, 1.807) is 0 Å². The van der Waals surface area contributed by atoms with Crippen LogP contribution in [0.2, 0.25) is 0 Å². The van der Waals surface area contributed by atoms with Crippen LogP contribution in [0.4, 0.5) is 0 Å². The summed E-state index contributed by atoms with van der Waals surface area (Å²) in [5, 5.41) is 7.77. The number of ether oxygens (including phenoxy) is 1. The molecule has 1 aromatic carbocycles. The number of nitrogens with two attached hydrogens (primary N) is 1. The Morgan fingerprint density at radius 1 is 1.38 bits per heavy atom. The Morgan fingerprint density at radius 3 is 3.04 bits per heavy atom. The minimum atomic E-state index is 0.240. The normalized spacial score (nSPS) is 26.5. The second-order valence-corrected chi connectivity index (χ2v) is 6.51.